The SMILES string of the molecule is CCCNc1cc(CCC)nc(C2CN(C)CCN2C)n1. The third kappa shape index (κ3) is 4.38. The lowest BCUT2D eigenvalue weighted by atomic mass is 10.1. The third-order valence-corrected chi connectivity index (χ3v) is 4.01. The molecule has 1 aliphatic rings. The minimum Gasteiger partial charge on any atom is -0.370 e. The van der Waals surface area contributed by atoms with Gasteiger partial charge in [0.2, 0.25) is 0 Å². The van der Waals surface area contributed by atoms with E-state index < -0.39 is 0 Å². The Balaban J connectivity index is 2.25. The molecule has 0 aromatic carbocycles. The topological polar surface area (TPSA) is 44.3 Å². The van der Waals surface area contributed by atoms with E-state index in [0.717, 1.165) is 62.8 Å². The van der Waals surface area contributed by atoms with Gasteiger partial charge in [0.1, 0.15) is 11.6 Å². The van der Waals surface area contributed by atoms with Crippen LogP contribution in [0, 0.1) is 0 Å². The normalized spacial score (nSPS) is 20.7. The van der Waals surface area contributed by atoms with Crippen LogP contribution in [0.1, 0.15) is 44.2 Å². The van der Waals surface area contributed by atoms with E-state index in [1.807, 2.05) is 0 Å². The van der Waals surface area contributed by atoms with Gasteiger partial charge in [-0.2, -0.15) is 0 Å². The fraction of sp³-hybridized carbons (Fsp3) is 0.750. The number of anilines is 1. The molecule has 1 saturated heterocycles. The minimum atomic E-state index is 0.294. The molecule has 21 heavy (non-hydrogen) atoms. The zero-order valence-electron chi connectivity index (χ0n) is 13.9. The molecule has 0 bridgehead atoms. The number of hydrogen-bond acceptors (Lipinski definition) is 5. The number of aryl methyl sites for hydroxylation is 1. The van der Waals surface area contributed by atoms with Crippen molar-refractivity contribution in [1.82, 2.24) is 19.8 Å². The van der Waals surface area contributed by atoms with Crippen LogP contribution in [-0.4, -0.2) is 60.0 Å². The predicted molar refractivity (Wildman–Crippen MR) is 87.7 cm³/mol. The summed E-state index contributed by atoms with van der Waals surface area (Å²) in [5.41, 5.74) is 1.16. The van der Waals surface area contributed by atoms with Crippen molar-refractivity contribution in [2.75, 3.05) is 45.6 Å². The largest absolute Gasteiger partial charge is 0.370 e. The van der Waals surface area contributed by atoms with Crippen molar-refractivity contribution >= 4 is 5.82 Å². The number of piperazine rings is 1. The summed E-state index contributed by atoms with van der Waals surface area (Å²) in [6.45, 7) is 8.51. The third-order valence-electron chi connectivity index (χ3n) is 4.01. The molecular formula is C16H29N5. The summed E-state index contributed by atoms with van der Waals surface area (Å²) < 4.78 is 0. The van der Waals surface area contributed by atoms with Crippen LogP contribution < -0.4 is 5.32 Å². The Morgan fingerprint density at radius 2 is 2.00 bits per heavy atom. The van der Waals surface area contributed by atoms with E-state index in [2.05, 4.69) is 49.1 Å². The van der Waals surface area contributed by atoms with Crippen molar-refractivity contribution in [3.05, 3.63) is 17.6 Å². The van der Waals surface area contributed by atoms with Crippen LogP contribution in [0.5, 0.6) is 0 Å². The van der Waals surface area contributed by atoms with E-state index >= 15 is 0 Å². The Bertz CT molecular complexity index is 448. The number of rotatable bonds is 6. The van der Waals surface area contributed by atoms with Crippen molar-refractivity contribution in [3.63, 3.8) is 0 Å². The molecule has 1 unspecified atom stereocenters. The van der Waals surface area contributed by atoms with E-state index in [1.165, 1.54) is 0 Å². The Morgan fingerprint density at radius 3 is 2.71 bits per heavy atom. The van der Waals surface area contributed by atoms with Crippen molar-refractivity contribution in [2.45, 2.75) is 39.2 Å². The zero-order chi connectivity index (χ0) is 15.2. The van der Waals surface area contributed by atoms with Crippen molar-refractivity contribution in [2.24, 2.45) is 0 Å². The lowest BCUT2D eigenvalue weighted by Crippen LogP contribution is -2.45. The maximum atomic E-state index is 4.82. The molecule has 5 nitrogen and oxygen atoms in total. The highest BCUT2D eigenvalue weighted by Crippen LogP contribution is 2.22. The number of nitrogens with one attached hydrogen (secondary N) is 1. The fourth-order valence-electron chi connectivity index (χ4n) is 2.68. The second-order valence-electron chi connectivity index (χ2n) is 6.04. The average molecular weight is 291 g/mol. The smallest absolute Gasteiger partial charge is 0.149 e. The molecule has 1 fully saturated rings. The van der Waals surface area contributed by atoms with Gasteiger partial charge < -0.3 is 10.2 Å². The van der Waals surface area contributed by atoms with E-state index in [4.69, 9.17) is 9.97 Å². The standard InChI is InChI=1S/C16H29N5/c1-5-7-13-11-15(17-8-6-2)19-16(18-13)14-12-20(3)9-10-21(14)4/h11,14H,5-10,12H2,1-4H3,(H,17,18,19). The summed E-state index contributed by atoms with van der Waals surface area (Å²) in [5.74, 6) is 1.94. The van der Waals surface area contributed by atoms with Gasteiger partial charge in [-0.1, -0.05) is 20.3 Å². The monoisotopic (exact) mass is 291 g/mol. The molecule has 2 heterocycles. The van der Waals surface area contributed by atoms with Crippen LogP contribution in [0.2, 0.25) is 0 Å². The molecule has 1 atom stereocenters. The van der Waals surface area contributed by atoms with Gasteiger partial charge in [-0.15, -0.1) is 0 Å². The first-order chi connectivity index (χ1) is 10.1. The summed E-state index contributed by atoms with van der Waals surface area (Å²) in [4.78, 5) is 14.3. The molecule has 118 valence electrons. The van der Waals surface area contributed by atoms with Crippen molar-refractivity contribution in [3.8, 4) is 0 Å². The number of hydrogen-bond donors (Lipinski definition) is 1. The molecule has 2 rings (SSSR count). The second-order valence-corrected chi connectivity index (χ2v) is 6.04. The second kappa shape index (κ2) is 7.71. The minimum absolute atomic E-state index is 0.294. The van der Waals surface area contributed by atoms with E-state index in [9.17, 15) is 0 Å². The highest BCUT2D eigenvalue weighted by molar-refractivity contribution is 5.36. The van der Waals surface area contributed by atoms with Crippen molar-refractivity contribution < 1.29 is 0 Å². The van der Waals surface area contributed by atoms with Gasteiger partial charge in [-0.25, -0.2) is 9.97 Å². The Kier molecular flexibility index (Phi) is 5.94. The predicted octanol–water partition coefficient (Wildman–Crippen LogP) is 2.17. The highest BCUT2D eigenvalue weighted by Gasteiger charge is 2.26. The number of aromatic nitrogens is 2. The van der Waals surface area contributed by atoms with Gasteiger partial charge >= 0.3 is 0 Å². The van der Waals surface area contributed by atoms with Crippen molar-refractivity contribution in [1.29, 1.82) is 0 Å². The zero-order valence-corrected chi connectivity index (χ0v) is 13.9. The first-order valence-electron chi connectivity index (χ1n) is 8.14. The van der Waals surface area contributed by atoms with Gasteiger partial charge in [0.15, 0.2) is 0 Å². The van der Waals surface area contributed by atoms with Crippen LogP contribution in [0.3, 0.4) is 0 Å². The summed E-state index contributed by atoms with van der Waals surface area (Å²) >= 11 is 0. The van der Waals surface area contributed by atoms with Gasteiger partial charge in [0.25, 0.3) is 0 Å². The quantitative estimate of drug-likeness (QED) is 0.870. The molecule has 0 amide bonds. The first-order valence-corrected chi connectivity index (χ1v) is 8.14. The average Bonchev–Trinajstić information content (AvgIpc) is 2.48. The van der Waals surface area contributed by atoms with Crippen LogP contribution >= 0.6 is 0 Å². The fourth-order valence-corrected chi connectivity index (χ4v) is 2.68. The maximum Gasteiger partial charge on any atom is 0.149 e. The molecule has 0 spiro atoms. The summed E-state index contributed by atoms with van der Waals surface area (Å²) in [6, 6.07) is 2.40. The molecule has 0 aliphatic carbocycles. The molecule has 1 aromatic heterocycles. The van der Waals surface area contributed by atoms with E-state index in [1.54, 1.807) is 0 Å². The lowest BCUT2D eigenvalue weighted by molar-refractivity contribution is 0.109. The maximum absolute atomic E-state index is 4.82. The van der Waals surface area contributed by atoms with Gasteiger partial charge in [0, 0.05) is 37.9 Å². The summed E-state index contributed by atoms with van der Waals surface area (Å²) in [5, 5.41) is 3.42. The molecule has 0 saturated carbocycles. The van der Waals surface area contributed by atoms with E-state index in [-0.39, 0.29) is 0 Å². The van der Waals surface area contributed by atoms with Gasteiger partial charge in [-0.05, 0) is 26.9 Å². The summed E-state index contributed by atoms with van der Waals surface area (Å²) in [6.07, 6.45) is 3.24. The van der Waals surface area contributed by atoms with Crippen LogP contribution in [0.4, 0.5) is 5.82 Å². The molecule has 5 heteroatoms. The Labute approximate surface area is 128 Å². The van der Waals surface area contributed by atoms with E-state index in [0.29, 0.717) is 6.04 Å². The molecular weight excluding hydrogens is 262 g/mol. The molecule has 0 radical (unpaired) electrons. The highest BCUT2D eigenvalue weighted by atomic mass is 15.3. The summed E-state index contributed by atoms with van der Waals surface area (Å²) in [7, 11) is 4.35. The number of nitrogens with zero attached hydrogens (tertiary/aromatic N) is 4. The van der Waals surface area contributed by atoms with Crippen LogP contribution in [0.25, 0.3) is 0 Å². The first kappa shape index (κ1) is 16.2. The lowest BCUT2D eigenvalue weighted by Gasteiger charge is -2.36. The van der Waals surface area contributed by atoms with Gasteiger partial charge in [0.05, 0.1) is 6.04 Å². The number of likely N-dealkylation sites (N-methyl/N-ethyl adjacent to an activating group) is 2. The van der Waals surface area contributed by atoms with Gasteiger partial charge in [-0.3, -0.25) is 4.90 Å². The molecule has 1 aromatic rings. The van der Waals surface area contributed by atoms with Crippen LogP contribution in [0.15, 0.2) is 6.07 Å². The molecule has 1 aliphatic heterocycles. The Morgan fingerprint density at radius 1 is 1.19 bits per heavy atom. The Hall–Kier alpha value is -1.20. The van der Waals surface area contributed by atoms with Crippen LogP contribution in [-0.2, 0) is 6.42 Å². The molecule has 1 N–H and O–H groups in total.